The summed E-state index contributed by atoms with van der Waals surface area (Å²) in [6, 6.07) is 88.5. The summed E-state index contributed by atoms with van der Waals surface area (Å²) >= 11 is 0. The van der Waals surface area contributed by atoms with Gasteiger partial charge in [-0.15, -0.1) is 0 Å². The summed E-state index contributed by atoms with van der Waals surface area (Å²) in [6.07, 6.45) is -0.104. The first-order valence-electron chi connectivity index (χ1n) is 21.9. The molecule has 0 N–H and O–H groups in total. The zero-order valence-corrected chi connectivity index (χ0v) is 34.7. The summed E-state index contributed by atoms with van der Waals surface area (Å²) in [7, 11) is 0. The normalized spacial score (nSPS) is 14.5. The fourth-order valence-electron chi connectivity index (χ4n) is 10.1. The second-order valence-corrected chi connectivity index (χ2v) is 16.7. The molecule has 0 fully saturated rings. The maximum Gasteiger partial charge on any atom is 0.135 e. The number of ether oxygens (including phenoxy) is 1. The number of hydrogen-bond acceptors (Lipinski definition) is 1. The van der Waals surface area contributed by atoms with Crippen LogP contribution in [0, 0.1) is 0 Å². The molecule has 0 amide bonds. The van der Waals surface area contributed by atoms with Crippen LogP contribution in [0.1, 0.15) is 28.7 Å². The first-order chi connectivity index (χ1) is 31.2. The van der Waals surface area contributed by atoms with E-state index in [0.29, 0.717) is 0 Å². The van der Waals surface area contributed by atoms with Gasteiger partial charge in [0.2, 0.25) is 0 Å². The number of rotatable bonds is 7. The monoisotopic (exact) mass is 802 g/mol. The van der Waals surface area contributed by atoms with E-state index in [2.05, 4.69) is 243 Å². The Morgan fingerprint density at radius 2 is 0.778 bits per heavy atom. The van der Waals surface area contributed by atoms with Crippen LogP contribution in [-0.4, -0.2) is 0 Å². The van der Waals surface area contributed by atoms with Crippen LogP contribution in [0.5, 0.6) is 5.75 Å². The van der Waals surface area contributed by atoms with Crippen molar-refractivity contribution in [1.29, 1.82) is 0 Å². The maximum absolute atomic E-state index is 6.92. The molecule has 2 atom stereocenters. The topological polar surface area (TPSA) is 9.23 Å². The van der Waals surface area contributed by atoms with Crippen molar-refractivity contribution in [1.82, 2.24) is 0 Å². The number of hydrogen-bond donors (Lipinski definition) is 0. The largest absolute Gasteiger partial charge is 0.484 e. The summed E-state index contributed by atoms with van der Waals surface area (Å²) in [5.74, 6) is 1.05. The van der Waals surface area contributed by atoms with Gasteiger partial charge in [-0.25, -0.2) is 0 Å². The Labute approximate surface area is 368 Å². The van der Waals surface area contributed by atoms with E-state index in [0.717, 1.165) is 16.9 Å². The average Bonchev–Trinajstić information content (AvgIpc) is 3.75. The van der Waals surface area contributed by atoms with E-state index in [-0.39, 0.29) is 12.0 Å². The lowest BCUT2D eigenvalue weighted by Crippen LogP contribution is -2.11. The zero-order chi connectivity index (χ0) is 41.7. The molecule has 296 valence electrons. The summed E-state index contributed by atoms with van der Waals surface area (Å²) in [5, 5.41) is 7.43. The molecule has 1 aliphatic rings. The minimum atomic E-state index is -0.104. The molecular weight excluding hydrogens is 761 g/mol. The van der Waals surface area contributed by atoms with Crippen LogP contribution in [-0.2, 0) is 0 Å². The van der Waals surface area contributed by atoms with Gasteiger partial charge in [0.1, 0.15) is 11.9 Å². The molecule has 1 heterocycles. The molecule has 1 aliphatic heterocycles. The third kappa shape index (κ3) is 6.49. The lowest BCUT2D eigenvalue weighted by atomic mass is 9.83. The van der Waals surface area contributed by atoms with Crippen LogP contribution < -0.4 is 4.74 Å². The standard InChI is InChI=1S/C62H42O/c1-4-17-41(18-5-1)46-33-35-55-57(39-46)60(54-31-13-12-30-53(54)59(55)50-28-15-26-48(38-50)52-32-16-24-42-19-10-11-29-51(42)52)49-27-14-25-45(37-49)47-34-36-56-58(40-47)63-62(44-22-8-3-9-23-44)61(56)43-20-6-2-7-21-43/h1-40,61-62H. The van der Waals surface area contributed by atoms with Gasteiger partial charge >= 0.3 is 0 Å². The Balaban J connectivity index is 1.03. The molecule has 0 bridgehead atoms. The molecule has 0 saturated heterocycles. The molecular formula is C62H42O. The molecule has 0 radical (unpaired) electrons. The predicted molar refractivity (Wildman–Crippen MR) is 264 cm³/mol. The van der Waals surface area contributed by atoms with E-state index in [1.807, 2.05) is 0 Å². The van der Waals surface area contributed by atoms with E-state index in [1.54, 1.807) is 0 Å². The quantitative estimate of drug-likeness (QED) is 0.146. The summed E-state index contributed by atoms with van der Waals surface area (Å²) in [4.78, 5) is 0. The molecule has 0 aromatic heterocycles. The average molecular weight is 803 g/mol. The maximum atomic E-state index is 6.92. The minimum absolute atomic E-state index is 0.103. The van der Waals surface area contributed by atoms with E-state index in [4.69, 9.17) is 4.74 Å². The summed E-state index contributed by atoms with van der Waals surface area (Å²) in [6.45, 7) is 0. The third-order valence-electron chi connectivity index (χ3n) is 13.1. The van der Waals surface area contributed by atoms with Gasteiger partial charge in [-0.3, -0.25) is 0 Å². The van der Waals surface area contributed by atoms with Gasteiger partial charge in [-0.2, -0.15) is 0 Å². The summed E-state index contributed by atoms with van der Waals surface area (Å²) in [5.41, 5.74) is 15.7. The second-order valence-electron chi connectivity index (χ2n) is 16.7. The minimum Gasteiger partial charge on any atom is -0.484 e. The summed E-state index contributed by atoms with van der Waals surface area (Å²) < 4.78 is 6.92. The first kappa shape index (κ1) is 36.8. The fraction of sp³-hybridized carbons (Fsp3) is 0.0323. The Bertz CT molecular complexity index is 3470. The molecule has 0 spiro atoms. The molecule has 11 aromatic rings. The van der Waals surface area contributed by atoms with Crippen LogP contribution in [0.25, 0.3) is 88.0 Å². The predicted octanol–water partition coefficient (Wildman–Crippen LogP) is 16.7. The molecule has 63 heavy (non-hydrogen) atoms. The van der Waals surface area contributed by atoms with Crippen molar-refractivity contribution in [3.8, 4) is 61.4 Å². The Morgan fingerprint density at radius 1 is 0.286 bits per heavy atom. The molecule has 2 unspecified atom stereocenters. The smallest absolute Gasteiger partial charge is 0.135 e. The van der Waals surface area contributed by atoms with Gasteiger partial charge < -0.3 is 4.74 Å². The fourth-order valence-corrected chi connectivity index (χ4v) is 10.1. The van der Waals surface area contributed by atoms with Crippen molar-refractivity contribution in [2.75, 3.05) is 0 Å². The van der Waals surface area contributed by atoms with Crippen LogP contribution >= 0.6 is 0 Å². The van der Waals surface area contributed by atoms with Crippen molar-refractivity contribution in [2.24, 2.45) is 0 Å². The van der Waals surface area contributed by atoms with Crippen molar-refractivity contribution in [2.45, 2.75) is 12.0 Å². The Hall–Kier alpha value is -8.00. The number of fused-ring (bicyclic) bond motifs is 4. The molecule has 0 saturated carbocycles. The van der Waals surface area contributed by atoms with Gasteiger partial charge in [0, 0.05) is 5.56 Å². The van der Waals surface area contributed by atoms with E-state index in [1.165, 1.54) is 93.5 Å². The van der Waals surface area contributed by atoms with Gasteiger partial charge in [0.15, 0.2) is 0 Å². The molecule has 0 aliphatic carbocycles. The Kier molecular flexibility index (Phi) is 9.04. The van der Waals surface area contributed by atoms with Crippen molar-refractivity contribution in [3.63, 3.8) is 0 Å². The highest BCUT2D eigenvalue weighted by atomic mass is 16.5. The van der Waals surface area contributed by atoms with E-state index >= 15 is 0 Å². The van der Waals surface area contributed by atoms with E-state index in [9.17, 15) is 0 Å². The lowest BCUT2D eigenvalue weighted by molar-refractivity contribution is 0.222. The molecule has 11 aromatic carbocycles. The number of benzene rings is 11. The van der Waals surface area contributed by atoms with Crippen LogP contribution in [0.15, 0.2) is 243 Å². The second kappa shape index (κ2) is 15.5. The molecule has 12 rings (SSSR count). The van der Waals surface area contributed by atoms with E-state index < -0.39 is 0 Å². The van der Waals surface area contributed by atoms with Crippen LogP contribution in [0.3, 0.4) is 0 Å². The van der Waals surface area contributed by atoms with Gasteiger partial charge in [0.05, 0.1) is 5.92 Å². The van der Waals surface area contributed by atoms with Gasteiger partial charge in [0.25, 0.3) is 0 Å². The first-order valence-corrected chi connectivity index (χ1v) is 21.9. The molecule has 1 heteroatoms. The Morgan fingerprint density at radius 3 is 1.52 bits per heavy atom. The lowest BCUT2D eigenvalue weighted by Gasteiger charge is -2.20. The third-order valence-corrected chi connectivity index (χ3v) is 13.1. The highest BCUT2D eigenvalue weighted by Crippen LogP contribution is 2.51. The zero-order valence-electron chi connectivity index (χ0n) is 34.7. The van der Waals surface area contributed by atoms with Crippen LogP contribution in [0.4, 0.5) is 0 Å². The van der Waals surface area contributed by atoms with Crippen molar-refractivity contribution in [3.05, 3.63) is 259 Å². The molecule has 1 nitrogen and oxygen atoms in total. The van der Waals surface area contributed by atoms with Crippen molar-refractivity contribution < 1.29 is 4.74 Å². The highest BCUT2D eigenvalue weighted by Gasteiger charge is 2.36. The highest BCUT2D eigenvalue weighted by molar-refractivity contribution is 6.22. The van der Waals surface area contributed by atoms with Crippen LogP contribution in [0.2, 0.25) is 0 Å². The van der Waals surface area contributed by atoms with Crippen molar-refractivity contribution >= 4 is 32.3 Å². The van der Waals surface area contributed by atoms with Gasteiger partial charge in [-0.05, 0) is 123 Å². The van der Waals surface area contributed by atoms with Gasteiger partial charge in [-0.1, -0.05) is 218 Å². The SMILES string of the molecule is c1ccc(-c2ccc3c(-c4cccc(-c5cccc6ccccc56)c4)c4ccccc4c(-c4cccc(-c5ccc6c(c5)OC(c5ccccc5)C6c5ccccc5)c4)c3c2)cc1.